The molecule has 3 aliphatic rings. The summed E-state index contributed by atoms with van der Waals surface area (Å²) >= 11 is 0. The number of amides is 3. The fourth-order valence-corrected chi connectivity index (χ4v) is 3.60. The van der Waals surface area contributed by atoms with Crippen LogP contribution in [-0.2, 0) is 14.4 Å². The van der Waals surface area contributed by atoms with E-state index in [1.807, 2.05) is 0 Å². The van der Waals surface area contributed by atoms with Gasteiger partial charge in [0, 0.05) is 13.0 Å². The summed E-state index contributed by atoms with van der Waals surface area (Å²) in [7, 11) is 0. The average Bonchev–Trinajstić information content (AvgIpc) is 2.97. The molecule has 96 valence electrons. The van der Waals surface area contributed by atoms with Crippen LogP contribution in [0, 0.1) is 23.7 Å². The van der Waals surface area contributed by atoms with E-state index in [2.05, 4.69) is 12.2 Å². The third-order valence-electron chi connectivity index (χ3n) is 4.37. The minimum atomic E-state index is -0.393. The first kappa shape index (κ1) is 11.4. The van der Waals surface area contributed by atoms with E-state index < -0.39 is 5.91 Å². The van der Waals surface area contributed by atoms with Crippen molar-refractivity contribution in [1.82, 2.24) is 4.90 Å². The van der Waals surface area contributed by atoms with Crippen LogP contribution < -0.4 is 5.73 Å². The van der Waals surface area contributed by atoms with Crippen molar-refractivity contribution in [2.24, 2.45) is 29.4 Å². The molecule has 1 saturated carbocycles. The van der Waals surface area contributed by atoms with Crippen LogP contribution in [0.25, 0.3) is 0 Å². The number of hydrogen-bond acceptors (Lipinski definition) is 3. The largest absolute Gasteiger partial charge is 0.370 e. The zero-order chi connectivity index (χ0) is 12.9. The van der Waals surface area contributed by atoms with Crippen LogP contribution in [0.15, 0.2) is 12.2 Å². The van der Waals surface area contributed by atoms with Gasteiger partial charge in [0.05, 0.1) is 11.8 Å². The molecule has 5 heteroatoms. The summed E-state index contributed by atoms with van der Waals surface area (Å²) in [6, 6.07) is 0. The third-order valence-corrected chi connectivity index (χ3v) is 4.37. The van der Waals surface area contributed by atoms with E-state index in [0.29, 0.717) is 13.0 Å². The van der Waals surface area contributed by atoms with Gasteiger partial charge in [-0.15, -0.1) is 0 Å². The van der Waals surface area contributed by atoms with E-state index >= 15 is 0 Å². The second kappa shape index (κ2) is 3.93. The van der Waals surface area contributed by atoms with Crippen molar-refractivity contribution in [2.75, 3.05) is 6.54 Å². The molecule has 5 nitrogen and oxygen atoms in total. The number of primary amides is 1. The van der Waals surface area contributed by atoms with Gasteiger partial charge in [0.2, 0.25) is 17.7 Å². The van der Waals surface area contributed by atoms with Gasteiger partial charge in [-0.3, -0.25) is 19.3 Å². The molecule has 0 aromatic rings. The Morgan fingerprint density at radius 3 is 2.28 bits per heavy atom. The van der Waals surface area contributed by atoms with Gasteiger partial charge < -0.3 is 5.73 Å². The Bertz CT molecular complexity index is 427. The van der Waals surface area contributed by atoms with Gasteiger partial charge in [-0.25, -0.2) is 0 Å². The molecule has 2 unspecified atom stereocenters. The van der Waals surface area contributed by atoms with Gasteiger partial charge in [-0.2, -0.15) is 0 Å². The quantitative estimate of drug-likeness (QED) is 0.564. The highest BCUT2D eigenvalue weighted by Gasteiger charge is 2.58. The normalized spacial score (nSPS) is 36.6. The molecule has 2 fully saturated rings. The molecule has 4 atom stereocenters. The number of likely N-dealkylation sites (tertiary alicyclic amines) is 1. The average molecular weight is 248 g/mol. The summed E-state index contributed by atoms with van der Waals surface area (Å²) in [5, 5.41) is 0. The molecule has 18 heavy (non-hydrogen) atoms. The molecule has 0 radical (unpaired) electrons. The topological polar surface area (TPSA) is 80.5 Å². The highest BCUT2D eigenvalue weighted by molar-refractivity contribution is 6.06. The monoisotopic (exact) mass is 248 g/mol. The molecular formula is C13H16N2O3. The van der Waals surface area contributed by atoms with Gasteiger partial charge in [0.1, 0.15) is 0 Å². The Morgan fingerprint density at radius 1 is 1.22 bits per heavy atom. The van der Waals surface area contributed by atoms with E-state index in [1.54, 1.807) is 0 Å². The Labute approximate surface area is 105 Å². The number of nitrogens with zero attached hydrogens (tertiary/aromatic N) is 1. The molecule has 3 amide bonds. The van der Waals surface area contributed by atoms with Crippen molar-refractivity contribution in [3.63, 3.8) is 0 Å². The van der Waals surface area contributed by atoms with E-state index in [1.165, 1.54) is 4.90 Å². The lowest BCUT2D eigenvalue weighted by molar-refractivity contribution is -0.141. The number of allylic oxidation sites excluding steroid dienone is 2. The number of nitrogens with two attached hydrogens (primary N) is 1. The van der Waals surface area contributed by atoms with Crippen molar-refractivity contribution < 1.29 is 14.4 Å². The Hall–Kier alpha value is -1.65. The van der Waals surface area contributed by atoms with Gasteiger partial charge in [-0.1, -0.05) is 12.2 Å². The zero-order valence-electron chi connectivity index (χ0n) is 10.0. The predicted octanol–water partition coefficient (Wildman–Crippen LogP) is 0.0590. The molecule has 0 aromatic carbocycles. The minimum absolute atomic E-state index is 0.0497. The zero-order valence-corrected chi connectivity index (χ0v) is 10.0. The molecule has 0 aromatic heterocycles. The van der Waals surface area contributed by atoms with Crippen molar-refractivity contribution in [2.45, 2.75) is 19.3 Å². The van der Waals surface area contributed by atoms with Crippen molar-refractivity contribution in [3.05, 3.63) is 12.2 Å². The van der Waals surface area contributed by atoms with Crippen LogP contribution in [0.1, 0.15) is 19.3 Å². The second-order valence-electron chi connectivity index (χ2n) is 5.40. The van der Waals surface area contributed by atoms with Gasteiger partial charge >= 0.3 is 0 Å². The number of rotatable bonds is 4. The van der Waals surface area contributed by atoms with E-state index in [4.69, 9.17) is 5.73 Å². The minimum Gasteiger partial charge on any atom is -0.370 e. The van der Waals surface area contributed by atoms with Crippen LogP contribution in [0.3, 0.4) is 0 Å². The molecule has 3 rings (SSSR count). The molecule has 2 bridgehead atoms. The molecule has 2 N–H and O–H groups in total. The maximum Gasteiger partial charge on any atom is 0.233 e. The maximum absolute atomic E-state index is 12.2. The van der Waals surface area contributed by atoms with Crippen molar-refractivity contribution in [1.29, 1.82) is 0 Å². The summed E-state index contributed by atoms with van der Waals surface area (Å²) in [6.45, 7) is 0.326. The summed E-state index contributed by atoms with van der Waals surface area (Å²) in [6.07, 6.45) is 5.78. The Balaban J connectivity index is 1.70. The van der Waals surface area contributed by atoms with E-state index in [0.717, 1.165) is 6.42 Å². The standard InChI is InChI=1S/C13H16N2O3/c14-9(16)2-1-5-15-12(17)10-7-3-4-8(6-7)11(10)13(15)18/h3-4,7-8,10-11H,1-2,5-6H2,(H2,14,16)/t7?,8?,10-,11+. The SMILES string of the molecule is NC(=O)CCCN1C(=O)[C@@H]2C3C=CC(C3)[C@@H]2C1=O. The van der Waals surface area contributed by atoms with E-state index in [9.17, 15) is 14.4 Å². The lowest BCUT2D eigenvalue weighted by Gasteiger charge is -2.16. The Kier molecular flexibility index (Phi) is 2.50. The second-order valence-corrected chi connectivity index (χ2v) is 5.40. The summed E-state index contributed by atoms with van der Waals surface area (Å²) in [5.41, 5.74) is 5.06. The van der Waals surface area contributed by atoms with E-state index in [-0.39, 0.29) is 41.9 Å². The lowest BCUT2D eigenvalue weighted by Crippen LogP contribution is -2.34. The molecule has 2 aliphatic carbocycles. The van der Waals surface area contributed by atoms with Gasteiger partial charge in [0.15, 0.2) is 0 Å². The molecule has 0 spiro atoms. The fraction of sp³-hybridized carbons (Fsp3) is 0.615. The summed E-state index contributed by atoms with van der Waals surface area (Å²) in [5.74, 6) is -0.272. The molecule has 1 saturated heterocycles. The highest BCUT2D eigenvalue weighted by atomic mass is 16.2. The molecule has 1 heterocycles. The van der Waals surface area contributed by atoms with Crippen LogP contribution in [-0.4, -0.2) is 29.2 Å². The Morgan fingerprint density at radius 2 is 1.78 bits per heavy atom. The molecule has 1 aliphatic heterocycles. The highest BCUT2D eigenvalue weighted by Crippen LogP contribution is 2.52. The molecular weight excluding hydrogens is 232 g/mol. The summed E-state index contributed by atoms with van der Waals surface area (Å²) < 4.78 is 0. The lowest BCUT2D eigenvalue weighted by atomic mass is 9.85. The maximum atomic E-state index is 12.2. The number of hydrogen-bond donors (Lipinski definition) is 1. The number of imide groups is 1. The van der Waals surface area contributed by atoms with Gasteiger partial charge in [-0.05, 0) is 24.7 Å². The third kappa shape index (κ3) is 1.50. The van der Waals surface area contributed by atoms with Crippen molar-refractivity contribution in [3.8, 4) is 0 Å². The summed E-state index contributed by atoms with van der Waals surface area (Å²) in [4.78, 5) is 36.4. The number of carbonyl (C=O) groups is 3. The first-order chi connectivity index (χ1) is 8.59. The van der Waals surface area contributed by atoms with Crippen LogP contribution >= 0.6 is 0 Å². The first-order valence-corrected chi connectivity index (χ1v) is 6.41. The predicted molar refractivity (Wildman–Crippen MR) is 62.9 cm³/mol. The van der Waals surface area contributed by atoms with Gasteiger partial charge in [0.25, 0.3) is 0 Å². The first-order valence-electron chi connectivity index (χ1n) is 6.41. The number of fused-ring (bicyclic) bond motifs is 5. The van der Waals surface area contributed by atoms with Crippen LogP contribution in [0.2, 0.25) is 0 Å². The smallest absolute Gasteiger partial charge is 0.233 e. The van der Waals surface area contributed by atoms with Crippen LogP contribution in [0.5, 0.6) is 0 Å². The number of carbonyl (C=O) groups excluding carboxylic acids is 3. The van der Waals surface area contributed by atoms with Crippen LogP contribution in [0.4, 0.5) is 0 Å². The fourth-order valence-electron chi connectivity index (χ4n) is 3.60. The van der Waals surface area contributed by atoms with Crippen molar-refractivity contribution >= 4 is 17.7 Å².